The number of hydrogen-bond acceptors (Lipinski definition) is 2. The van der Waals surface area contributed by atoms with Crippen molar-refractivity contribution in [3.05, 3.63) is 41.2 Å². The van der Waals surface area contributed by atoms with E-state index in [1.807, 2.05) is 20.2 Å². The van der Waals surface area contributed by atoms with E-state index in [1.165, 1.54) is 12.1 Å². The summed E-state index contributed by atoms with van der Waals surface area (Å²) < 4.78 is 12.9. The summed E-state index contributed by atoms with van der Waals surface area (Å²) in [6.07, 6.45) is 4.76. The zero-order valence-corrected chi connectivity index (χ0v) is 11.5. The maximum atomic E-state index is 12.9. The minimum atomic E-state index is -0.248. The lowest BCUT2D eigenvalue weighted by molar-refractivity contribution is -0.120. The van der Waals surface area contributed by atoms with Crippen molar-refractivity contribution >= 4 is 11.9 Å². The van der Waals surface area contributed by atoms with Gasteiger partial charge >= 0.3 is 0 Å². The van der Waals surface area contributed by atoms with Crippen molar-refractivity contribution in [1.29, 1.82) is 0 Å². The number of nitrogens with zero attached hydrogens (tertiary/aromatic N) is 1. The van der Waals surface area contributed by atoms with Gasteiger partial charge in [-0.1, -0.05) is 12.1 Å². The molecule has 0 N–H and O–H groups in total. The van der Waals surface area contributed by atoms with E-state index in [0.29, 0.717) is 0 Å². The van der Waals surface area contributed by atoms with Gasteiger partial charge in [0.1, 0.15) is 5.82 Å². The number of Topliss-reactive ketones (excluding diaryl/α,β-unsaturated/α-hetero) is 1. The zero-order chi connectivity index (χ0) is 13.8. The summed E-state index contributed by atoms with van der Waals surface area (Å²) >= 11 is 0. The van der Waals surface area contributed by atoms with Gasteiger partial charge in [-0.2, -0.15) is 0 Å². The number of ketones is 1. The lowest BCUT2D eigenvalue weighted by Crippen LogP contribution is -2.31. The summed E-state index contributed by atoms with van der Waals surface area (Å²) in [6, 6.07) is 6.28. The maximum Gasteiger partial charge on any atom is 0.163 e. The molecule has 0 aliphatic heterocycles. The summed E-state index contributed by atoms with van der Waals surface area (Å²) in [5.74, 6) is 0.113. The van der Waals surface area contributed by atoms with Gasteiger partial charge in [-0.25, -0.2) is 4.39 Å². The normalized spacial score (nSPS) is 22.2. The lowest BCUT2D eigenvalue weighted by atomic mass is 9.83. The molecular weight excluding hydrogens is 241 g/mol. The fourth-order valence-electron chi connectivity index (χ4n) is 2.57. The Morgan fingerprint density at radius 1 is 1.32 bits per heavy atom. The second kappa shape index (κ2) is 6.11. The Morgan fingerprint density at radius 3 is 2.63 bits per heavy atom. The average Bonchev–Trinajstić information content (AvgIpc) is 2.36. The average molecular weight is 261 g/mol. The van der Waals surface area contributed by atoms with E-state index in [0.717, 1.165) is 36.9 Å². The standard InChI is InChI=1S/C16H20FNO/c1-18(2)11-14-5-3-4-13(16(14)19)10-12-6-8-15(17)9-7-12/h6-10,14H,3-5,11H2,1-2H3/b13-10+. The topological polar surface area (TPSA) is 20.3 Å². The van der Waals surface area contributed by atoms with Gasteiger partial charge in [0.15, 0.2) is 5.78 Å². The van der Waals surface area contributed by atoms with E-state index >= 15 is 0 Å². The predicted octanol–water partition coefficient (Wildman–Crippen LogP) is 3.14. The molecule has 0 heterocycles. The predicted molar refractivity (Wildman–Crippen MR) is 75.3 cm³/mol. The van der Waals surface area contributed by atoms with Crippen LogP contribution in [-0.2, 0) is 4.79 Å². The van der Waals surface area contributed by atoms with Crippen LogP contribution in [0.3, 0.4) is 0 Å². The van der Waals surface area contributed by atoms with Gasteiger partial charge in [0, 0.05) is 12.5 Å². The molecule has 3 heteroatoms. The third kappa shape index (κ3) is 3.74. The molecule has 0 amide bonds. The Labute approximate surface area is 113 Å². The van der Waals surface area contributed by atoms with Gasteiger partial charge in [-0.3, -0.25) is 4.79 Å². The van der Waals surface area contributed by atoms with Crippen LogP contribution in [0.2, 0.25) is 0 Å². The van der Waals surface area contributed by atoms with Crippen molar-refractivity contribution in [2.45, 2.75) is 19.3 Å². The molecule has 19 heavy (non-hydrogen) atoms. The highest BCUT2D eigenvalue weighted by atomic mass is 19.1. The van der Waals surface area contributed by atoms with Gasteiger partial charge in [-0.15, -0.1) is 0 Å². The summed E-state index contributed by atoms with van der Waals surface area (Å²) in [5, 5.41) is 0. The molecule has 1 unspecified atom stereocenters. The Hall–Kier alpha value is -1.48. The van der Waals surface area contributed by atoms with Crippen LogP contribution in [0.4, 0.5) is 4.39 Å². The Bertz CT molecular complexity index is 476. The Morgan fingerprint density at radius 2 is 2.00 bits per heavy atom. The van der Waals surface area contributed by atoms with E-state index in [9.17, 15) is 9.18 Å². The molecule has 0 saturated heterocycles. The highest BCUT2D eigenvalue weighted by molar-refractivity contribution is 6.01. The molecule has 102 valence electrons. The smallest absolute Gasteiger partial charge is 0.163 e. The molecule has 0 bridgehead atoms. The minimum Gasteiger partial charge on any atom is -0.309 e. The minimum absolute atomic E-state index is 0.107. The molecule has 2 rings (SSSR count). The van der Waals surface area contributed by atoms with Crippen molar-refractivity contribution in [3.63, 3.8) is 0 Å². The first-order chi connectivity index (χ1) is 9.06. The van der Waals surface area contributed by atoms with Crippen LogP contribution in [0.5, 0.6) is 0 Å². The molecule has 0 aromatic heterocycles. The zero-order valence-electron chi connectivity index (χ0n) is 11.5. The molecule has 0 radical (unpaired) electrons. The second-order valence-electron chi connectivity index (χ2n) is 5.44. The van der Waals surface area contributed by atoms with Crippen molar-refractivity contribution in [2.75, 3.05) is 20.6 Å². The summed E-state index contributed by atoms with van der Waals surface area (Å²) in [7, 11) is 3.98. The molecule has 2 nitrogen and oxygen atoms in total. The first-order valence-electron chi connectivity index (χ1n) is 6.71. The SMILES string of the molecule is CN(C)CC1CCC/C(=C\c2ccc(F)cc2)C1=O. The van der Waals surface area contributed by atoms with E-state index in [2.05, 4.69) is 4.90 Å². The van der Waals surface area contributed by atoms with Gasteiger partial charge in [-0.05, 0) is 62.7 Å². The molecule has 1 atom stereocenters. The number of benzene rings is 1. The van der Waals surface area contributed by atoms with Crippen molar-refractivity contribution in [2.24, 2.45) is 5.92 Å². The van der Waals surface area contributed by atoms with Crippen LogP contribution in [0.1, 0.15) is 24.8 Å². The van der Waals surface area contributed by atoms with Crippen molar-refractivity contribution in [3.8, 4) is 0 Å². The second-order valence-corrected chi connectivity index (χ2v) is 5.44. The van der Waals surface area contributed by atoms with Gasteiger partial charge in [0.05, 0.1) is 0 Å². The number of carbonyl (C=O) groups is 1. The van der Waals surface area contributed by atoms with Gasteiger partial charge in [0.25, 0.3) is 0 Å². The van der Waals surface area contributed by atoms with Crippen LogP contribution < -0.4 is 0 Å². The summed E-state index contributed by atoms with van der Waals surface area (Å²) in [4.78, 5) is 14.4. The first-order valence-corrected chi connectivity index (χ1v) is 6.71. The van der Waals surface area contributed by atoms with E-state index in [1.54, 1.807) is 12.1 Å². The summed E-state index contributed by atoms with van der Waals surface area (Å²) in [5.41, 5.74) is 1.78. The molecule has 1 fully saturated rings. The third-order valence-corrected chi connectivity index (χ3v) is 3.48. The van der Waals surface area contributed by atoms with E-state index in [-0.39, 0.29) is 17.5 Å². The Balaban J connectivity index is 2.14. The van der Waals surface area contributed by atoms with Gasteiger partial charge < -0.3 is 4.90 Å². The molecule has 0 spiro atoms. The van der Waals surface area contributed by atoms with Crippen LogP contribution in [0.25, 0.3) is 6.08 Å². The summed E-state index contributed by atoms with van der Waals surface area (Å²) in [6.45, 7) is 0.805. The highest BCUT2D eigenvalue weighted by Crippen LogP contribution is 2.27. The highest BCUT2D eigenvalue weighted by Gasteiger charge is 2.26. The van der Waals surface area contributed by atoms with E-state index < -0.39 is 0 Å². The largest absolute Gasteiger partial charge is 0.309 e. The van der Waals surface area contributed by atoms with Crippen molar-refractivity contribution < 1.29 is 9.18 Å². The molecule has 1 aromatic rings. The number of rotatable bonds is 3. The number of allylic oxidation sites excluding steroid dienone is 1. The van der Waals surface area contributed by atoms with E-state index in [4.69, 9.17) is 0 Å². The first kappa shape index (κ1) is 13.9. The quantitative estimate of drug-likeness (QED) is 0.779. The number of carbonyl (C=O) groups excluding carboxylic acids is 1. The molecule has 1 aromatic carbocycles. The molecular formula is C16H20FNO. The fraction of sp³-hybridized carbons (Fsp3) is 0.438. The van der Waals surface area contributed by atoms with Crippen LogP contribution in [0.15, 0.2) is 29.8 Å². The monoisotopic (exact) mass is 261 g/mol. The number of halogens is 1. The van der Waals surface area contributed by atoms with Crippen molar-refractivity contribution in [1.82, 2.24) is 4.90 Å². The molecule has 1 aliphatic rings. The van der Waals surface area contributed by atoms with Crippen LogP contribution in [0, 0.1) is 11.7 Å². The number of hydrogen-bond donors (Lipinski definition) is 0. The maximum absolute atomic E-state index is 12.9. The van der Waals surface area contributed by atoms with Crippen LogP contribution in [-0.4, -0.2) is 31.3 Å². The molecule has 1 saturated carbocycles. The fourth-order valence-corrected chi connectivity index (χ4v) is 2.57. The molecule has 1 aliphatic carbocycles. The lowest BCUT2D eigenvalue weighted by Gasteiger charge is -2.25. The van der Waals surface area contributed by atoms with Crippen LogP contribution >= 0.6 is 0 Å². The Kier molecular flexibility index (Phi) is 4.48. The van der Waals surface area contributed by atoms with Gasteiger partial charge in [0.2, 0.25) is 0 Å². The third-order valence-electron chi connectivity index (χ3n) is 3.48.